The maximum Gasteiger partial charge on any atom is 0.428 e. The first-order valence-electron chi connectivity index (χ1n) is 8.61. The monoisotopic (exact) mass is 452 g/mol. The highest BCUT2D eigenvalue weighted by Gasteiger charge is 2.59. The van der Waals surface area contributed by atoms with E-state index in [-0.39, 0.29) is 21.3 Å². The van der Waals surface area contributed by atoms with Crippen LogP contribution in [0.5, 0.6) is 0 Å². The molecule has 1 atom stereocenters. The van der Waals surface area contributed by atoms with Crippen molar-refractivity contribution in [2.75, 3.05) is 5.32 Å². The summed E-state index contributed by atoms with van der Waals surface area (Å²) in [6.07, 6.45) is -0.666. The second-order valence-electron chi connectivity index (χ2n) is 6.43. The number of anilines is 2. The van der Waals surface area contributed by atoms with Crippen LogP contribution in [0, 0.1) is 0 Å². The highest BCUT2D eigenvalue weighted by Crippen LogP contribution is 2.48. The largest absolute Gasteiger partial charge is 0.428 e. The molecular formula is C20H13Cl2F3N4O. The van der Waals surface area contributed by atoms with Gasteiger partial charge in [0, 0.05) is 39.3 Å². The van der Waals surface area contributed by atoms with Crippen LogP contribution in [0.1, 0.15) is 11.1 Å². The summed E-state index contributed by atoms with van der Waals surface area (Å²) < 4.78 is 42.3. The van der Waals surface area contributed by atoms with Crippen molar-refractivity contribution in [2.24, 2.45) is 0 Å². The van der Waals surface area contributed by atoms with Crippen molar-refractivity contribution in [3.63, 3.8) is 0 Å². The minimum Gasteiger partial charge on any atom is -0.324 e. The van der Waals surface area contributed by atoms with Crippen molar-refractivity contribution >= 4 is 40.5 Å². The van der Waals surface area contributed by atoms with Gasteiger partial charge in [-0.15, -0.1) is 0 Å². The van der Waals surface area contributed by atoms with Gasteiger partial charge in [-0.2, -0.15) is 13.2 Å². The fourth-order valence-corrected chi connectivity index (χ4v) is 3.54. The quantitative estimate of drug-likeness (QED) is 0.518. The van der Waals surface area contributed by atoms with E-state index >= 15 is 0 Å². The highest BCUT2D eigenvalue weighted by molar-refractivity contribution is 6.34. The predicted molar refractivity (Wildman–Crippen MR) is 108 cm³/mol. The van der Waals surface area contributed by atoms with Crippen molar-refractivity contribution < 1.29 is 18.0 Å². The lowest BCUT2D eigenvalue weighted by Gasteiger charge is -2.28. The van der Waals surface area contributed by atoms with Crippen LogP contribution < -0.4 is 10.8 Å². The fraction of sp³-hybridized carbons (Fsp3) is 0.100. The van der Waals surface area contributed by atoms with Crippen LogP contribution >= 0.6 is 23.2 Å². The molecule has 30 heavy (non-hydrogen) atoms. The van der Waals surface area contributed by atoms with Gasteiger partial charge in [-0.3, -0.25) is 10.3 Å². The summed E-state index contributed by atoms with van der Waals surface area (Å²) in [6, 6.07) is 12.1. The van der Waals surface area contributed by atoms with Crippen LogP contribution in [0.4, 0.5) is 24.8 Å². The highest BCUT2D eigenvalue weighted by atomic mass is 35.5. The lowest BCUT2D eigenvalue weighted by Crippen LogP contribution is -2.42. The zero-order valence-electron chi connectivity index (χ0n) is 15.0. The van der Waals surface area contributed by atoms with Gasteiger partial charge in [-0.25, -0.2) is 9.97 Å². The predicted octanol–water partition coefficient (Wildman–Crippen LogP) is 5.86. The van der Waals surface area contributed by atoms with Crippen LogP contribution in [-0.2, 0) is 10.4 Å². The number of hydroxylamine groups is 1. The molecule has 0 saturated carbocycles. The first kappa shape index (κ1) is 20.5. The third kappa shape index (κ3) is 3.94. The second kappa shape index (κ2) is 7.79. The van der Waals surface area contributed by atoms with Gasteiger partial charge in [0.25, 0.3) is 0 Å². The van der Waals surface area contributed by atoms with E-state index in [9.17, 15) is 13.2 Å². The maximum absolute atomic E-state index is 14.1. The molecule has 1 unspecified atom stereocenters. The zero-order chi connectivity index (χ0) is 21.4. The van der Waals surface area contributed by atoms with E-state index in [2.05, 4.69) is 20.8 Å². The smallest absolute Gasteiger partial charge is 0.324 e. The molecule has 0 saturated heterocycles. The summed E-state index contributed by atoms with van der Waals surface area (Å²) in [7, 11) is 0. The number of hydrogen-bond donors (Lipinski definition) is 2. The van der Waals surface area contributed by atoms with Crippen molar-refractivity contribution in [3.05, 3.63) is 88.2 Å². The number of halogens is 5. The molecule has 0 amide bonds. The number of nitrogens with zero attached hydrogens (tertiary/aromatic N) is 2. The number of rotatable bonds is 4. The second-order valence-corrected chi connectivity index (χ2v) is 7.30. The average Bonchev–Trinajstić information content (AvgIpc) is 3.15. The molecule has 10 heteroatoms. The number of nitrogens with one attached hydrogen (secondary N) is 2. The number of alkyl halides is 3. The SMILES string of the molecule is FC(F)(F)C1(c2cc(Cl)cc(Cl)c2)C=C(c2cccc(Nc3ncccn3)c2)NO1. The molecule has 3 aromatic rings. The van der Waals surface area contributed by atoms with Crippen LogP contribution in [0.2, 0.25) is 10.0 Å². The zero-order valence-corrected chi connectivity index (χ0v) is 16.6. The molecule has 0 aliphatic carbocycles. The Morgan fingerprint density at radius 2 is 1.67 bits per heavy atom. The molecule has 154 valence electrons. The van der Waals surface area contributed by atoms with E-state index in [0.29, 0.717) is 17.2 Å². The van der Waals surface area contributed by atoms with E-state index in [0.717, 1.165) is 6.08 Å². The minimum atomic E-state index is -4.77. The molecule has 0 bridgehead atoms. The number of benzene rings is 2. The van der Waals surface area contributed by atoms with Gasteiger partial charge in [0.2, 0.25) is 11.5 Å². The Kier molecular flexibility index (Phi) is 5.31. The Bertz CT molecular complexity index is 1090. The summed E-state index contributed by atoms with van der Waals surface area (Å²) in [6.45, 7) is 0. The van der Waals surface area contributed by atoms with Crippen LogP contribution in [0.15, 0.2) is 67.0 Å². The van der Waals surface area contributed by atoms with Gasteiger partial charge in [0.15, 0.2) is 0 Å². The van der Waals surface area contributed by atoms with Crippen molar-refractivity contribution in [3.8, 4) is 0 Å². The summed E-state index contributed by atoms with van der Waals surface area (Å²) in [5, 5.41) is 3.13. The lowest BCUT2D eigenvalue weighted by molar-refractivity contribution is -0.269. The van der Waals surface area contributed by atoms with E-state index in [4.69, 9.17) is 28.0 Å². The van der Waals surface area contributed by atoms with Gasteiger partial charge >= 0.3 is 6.18 Å². The van der Waals surface area contributed by atoms with E-state index < -0.39 is 11.8 Å². The molecule has 2 N–H and O–H groups in total. The Hall–Kier alpha value is -2.81. The fourth-order valence-electron chi connectivity index (χ4n) is 3.01. The van der Waals surface area contributed by atoms with E-state index in [1.54, 1.807) is 42.7 Å². The minimum absolute atomic E-state index is 0.0700. The number of hydrogen-bond acceptors (Lipinski definition) is 5. The van der Waals surface area contributed by atoms with Crippen molar-refractivity contribution in [2.45, 2.75) is 11.8 Å². The van der Waals surface area contributed by atoms with Crippen LogP contribution in [0.3, 0.4) is 0 Å². The molecule has 5 nitrogen and oxygen atoms in total. The standard InChI is InChI=1S/C20H13Cl2F3N4O/c21-14-8-13(9-15(22)10-14)19(20(23,24)25)11-17(29-30-19)12-3-1-4-16(7-12)28-18-26-5-2-6-27-18/h1-11,29H,(H,26,27,28). The van der Waals surface area contributed by atoms with Crippen molar-refractivity contribution in [1.82, 2.24) is 15.4 Å². The molecule has 1 aliphatic heterocycles. The summed E-state index contributed by atoms with van der Waals surface area (Å²) in [5.41, 5.74) is 0.615. The van der Waals surface area contributed by atoms with Gasteiger partial charge in [-0.1, -0.05) is 35.3 Å². The molecule has 1 aliphatic rings. The Balaban J connectivity index is 1.73. The van der Waals surface area contributed by atoms with Crippen molar-refractivity contribution in [1.29, 1.82) is 0 Å². The van der Waals surface area contributed by atoms with Gasteiger partial charge in [0.05, 0.1) is 5.70 Å². The topological polar surface area (TPSA) is 59.1 Å². The normalized spacial score (nSPS) is 18.6. The first-order valence-corrected chi connectivity index (χ1v) is 9.37. The Morgan fingerprint density at radius 1 is 0.967 bits per heavy atom. The van der Waals surface area contributed by atoms with Crippen LogP contribution in [0.25, 0.3) is 5.70 Å². The number of aromatic nitrogens is 2. The molecule has 0 fully saturated rings. The summed E-state index contributed by atoms with van der Waals surface area (Å²) in [4.78, 5) is 13.2. The van der Waals surface area contributed by atoms with Crippen LogP contribution in [-0.4, -0.2) is 16.1 Å². The summed E-state index contributed by atoms with van der Waals surface area (Å²) in [5.74, 6) is 0.359. The third-order valence-corrected chi connectivity index (χ3v) is 4.81. The molecule has 2 heterocycles. The van der Waals surface area contributed by atoms with E-state index in [1.165, 1.54) is 18.2 Å². The van der Waals surface area contributed by atoms with Gasteiger partial charge < -0.3 is 5.32 Å². The molecular weight excluding hydrogens is 440 g/mol. The average molecular weight is 453 g/mol. The molecule has 0 radical (unpaired) electrons. The van der Waals surface area contributed by atoms with Gasteiger partial charge in [-0.05, 0) is 42.5 Å². The summed E-state index contributed by atoms with van der Waals surface area (Å²) >= 11 is 11.8. The Labute approximate surface area is 179 Å². The first-order chi connectivity index (χ1) is 14.3. The molecule has 2 aromatic carbocycles. The van der Waals surface area contributed by atoms with Gasteiger partial charge in [0.1, 0.15) is 0 Å². The molecule has 0 spiro atoms. The molecule has 1 aromatic heterocycles. The lowest BCUT2D eigenvalue weighted by atomic mass is 9.91. The molecule has 4 rings (SSSR count). The Morgan fingerprint density at radius 3 is 2.33 bits per heavy atom. The van der Waals surface area contributed by atoms with E-state index in [1.807, 2.05) is 0 Å². The maximum atomic E-state index is 14.1. The third-order valence-electron chi connectivity index (χ3n) is 4.38.